The van der Waals surface area contributed by atoms with E-state index in [1.807, 2.05) is 0 Å². The largest absolute Gasteiger partial charge is 0.369 e. The lowest BCUT2D eigenvalue weighted by Crippen LogP contribution is -2.42. The molecular weight excluding hydrogens is 414 g/mol. The summed E-state index contributed by atoms with van der Waals surface area (Å²) < 4.78 is 55.4. The van der Waals surface area contributed by atoms with Crippen molar-refractivity contribution in [1.82, 2.24) is 14.9 Å². The molecule has 0 saturated heterocycles. The maximum absolute atomic E-state index is 15.1. The number of halogens is 4. The highest BCUT2D eigenvalue weighted by atomic mass is 19.3. The number of likely N-dealkylation sites (N-methyl/N-ethyl adjacent to an activating group) is 1. The van der Waals surface area contributed by atoms with E-state index in [1.165, 1.54) is 31.4 Å². The van der Waals surface area contributed by atoms with E-state index in [9.17, 15) is 18.0 Å². The molecule has 0 radical (unpaired) electrons. The fourth-order valence-electron chi connectivity index (χ4n) is 3.45. The molecule has 10 heteroatoms. The van der Waals surface area contributed by atoms with Crippen LogP contribution >= 0.6 is 0 Å². The smallest absolute Gasteiger partial charge is 0.268 e. The number of hydrogen-bond acceptors (Lipinski definition) is 5. The molecule has 4 rings (SSSR count). The summed E-state index contributed by atoms with van der Waals surface area (Å²) in [5, 5.41) is 0. The van der Waals surface area contributed by atoms with Gasteiger partial charge in [-0.15, -0.1) is 0 Å². The molecule has 0 aliphatic carbocycles. The second kappa shape index (κ2) is 7.46. The monoisotopic (exact) mass is 429 g/mol. The van der Waals surface area contributed by atoms with Crippen LogP contribution in [-0.2, 0) is 10.3 Å². The molecule has 1 aromatic carbocycles. The second-order valence-corrected chi connectivity index (χ2v) is 6.91. The van der Waals surface area contributed by atoms with Gasteiger partial charge >= 0.3 is 0 Å². The summed E-state index contributed by atoms with van der Waals surface area (Å²) in [5.74, 6) is -2.44. The van der Waals surface area contributed by atoms with Crippen molar-refractivity contribution in [3.8, 4) is 11.1 Å². The fourth-order valence-corrected chi connectivity index (χ4v) is 3.45. The Morgan fingerprint density at radius 2 is 1.84 bits per heavy atom. The van der Waals surface area contributed by atoms with Gasteiger partial charge in [-0.3, -0.25) is 19.7 Å². The first-order valence-corrected chi connectivity index (χ1v) is 9.03. The number of alkyl halides is 2. The molecule has 1 atom stereocenters. The van der Waals surface area contributed by atoms with E-state index < -0.39 is 35.1 Å². The summed E-state index contributed by atoms with van der Waals surface area (Å²) in [6.45, 7) is 0. The molecule has 1 aliphatic rings. The first kappa shape index (κ1) is 20.5. The van der Waals surface area contributed by atoms with Crippen LogP contribution in [0, 0.1) is 11.6 Å². The Bertz CT molecular complexity index is 1220. The molecular formula is C21H15F4N5O. The number of nitrogens with two attached hydrogens (primary N) is 1. The molecule has 158 valence electrons. The molecule has 0 bridgehead atoms. The van der Waals surface area contributed by atoms with Gasteiger partial charge in [-0.25, -0.2) is 22.6 Å². The Labute approximate surface area is 174 Å². The number of rotatable bonds is 4. The lowest BCUT2D eigenvalue weighted by Gasteiger charge is -2.26. The van der Waals surface area contributed by atoms with Gasteiger partial charge in [0.05, 0.1) is 11.9 Å². The zero-order valence-corrected chi connectivity index (χ0v) is 16.1. The van der Waals surface area contributed by atoms with Crippen LogP contribution in [-0.4, -0.2) is 33.8 Å². The highest BCUT2D eigenvalue weighted by Gasteiger charge is 2.52. The summed E-state index contributed by atoms with van der Waals surface area (Å²) in [6.07, 6.45) is 0.621. The van der Waals surface area contributed by atoms with Crippen LogP contribution < -0.4 is 5.73 Å². The summed E-state index contributed by atoms with van der Waals surface area (Å²) in [5.41, 5.74) is 3.49. The van der Waals surface area contributed by atoms with Gasteiger partial charge in [0.1, 0.15) is 11.6 Å². The normalized spacial score (nSPS) is 18.6. The van der Waals surface area contributed by atoms with Gasteiger partial charge in [-0.1, -0.05) is 6.07 Å². The Kier molecular flexibility index (Phi) is 4.92. The summed E-state index contributed by atoms with van der Waals surface area (Å²) in [7, 11) is 1.33. The Morgan fingerprint density at radius 3 is 2.48 bits per heavy atom. The lowest BCUT2D eigenvalue weighted by molar-refractivity contribution is -0.129. The number of pyridine rings is 2. The lowest BCUT2D eigenvalue weighted by atomic mass is 9.83. The van der Waals surface area contributed by atoms with Crippen molar-refractivity contribution in [2.75, 3.05) is 7.05 Å². The summed E-state index contributed by atoms with van der Waals surface area (Å²) >= 11 is 0. The van der Waals surface area contributed by atoms with Gasteiger partial charge in [-0.2, -0.15) is 0 Å². The molecule has 6 nitrogen and oxygen atoms in total. The average molecular weight is 429 g/mol. The molecule has 1 aliphatic heterocycles. The minimum Gasteiger partial charge on any atom is -0.369 e. The molecule has 31 heavy (non-hydrogen) atoms. The van der Waals surface area contributed by atoms with Gasteiger partial charge < -0.3 is 5.73 Å². The van der Waals surface area contributed by atoms with E-state index >= 15 is 4.39 Å². The van der Waals surface area contributed by atoms with Crippen molar-refractivity contribution in [3.05, 3.63) is 83.4 Å². The van der Waals surface area contributed by atoms with Crippen LogP contribution in [0.25, 0.3) is 11.1 Å². The van der Waals surface area contributed by atoms with Crippen LogP contribution in [0.5, 0.6) is 0 Å². The number of aliphatic imine (C=N–C) groups is 1. The van der Waals surface area contributed by atoms with E-state index in [1.54, 1.807) is 0 Å². The summed E-state index contributed by atoms with van der Waals surface area (Å²) in [6, 6.07) is 7.01. The Balaban J connectivity index is 2.00. The Morgan fingerprint density at radius 1 is 1.06 bits per heavy atom. The second-order valence-electron chi connectivity index (χ2n) is 6.91. The van der Waals surface area contributed by atoms with Gasteiger partial charge in [0.2, 0.25) is 5.54 Å². The van der Waals surface area contributed by atoms with Crippen molar-refractivity contribution < 1.29 is 22.4 Å². The highest BCUT2D eigenvalue weighted by Crippen LogP contribution is 2.41. The fraction of sp³-hybridized carbons (Fsp3) is 0.143. The van der Waals surface area contributed by atoms with Crippen molar-refractivity contribution in [2.24, 2.45) is 10.7 Å². The van der Waals surface area contributed by atoms with Gasteiger partial charge in [0.15, 0.2) is 5.96 Å². The van der Waals surface area contributed by atoms with Crippen LogP contribution in [0.15, 0.2) is 60.0 Å². The van der Waals surface area contributed by atoms with E-state index in [2.05, 4.69) is 15.0 Å². The minimum absolute atomic E-state index is 0.212. The van der Waals surface area contributed by atoms with E-state index in [-0.39, 0.29) is 17.2 Å². The third kappa shape index (κ3) is 3.29. The molecule has 3 heterocycles. The molecule has 0 saturated carbocycles. The van der Waals surface area contributed by atoms with Gasteiger partial charge in [0.25, 0.3) is 12.3 Å². The first-order chi connectivity index (χ1) is 14.7. The van der Waals surface area contributed by atoms with Crippen molar-refractivity contribution in [2.45, 2.75) is 12.0 Å². The van der Waals surface area contributed by atoms with Crippen LogP contribution in [0.1, 0.15) is 23.2 Å². The zero-order chi connectivity index (χ0) is 22.3. The minimum atomic E-state index is -2.84. The van der Waals surface area contributed by atoms with Gasteiger partial charge in [-0.05, 0) is 35.9 Å². The van der Waals surface area contributed by atoms with Crippen molar-refractivity contribution >= 4 is 11.9 Å². The molecule has 0 spiro atoms. The predicted octanol–water partition coefficient (Wildman–Crippen LogP) is 3.39. The molecule has 3 aromatic rings. The standard InChI is InChI=1S/C21H15F4N5O/c1-30-19(31)21(29-20(30)26,17-8-12(18(24)25)4-5-28-17)15-7-11(2-3-16(15)23)13-6-14(22)10-27-9-13/h2-10,18H,1H3,(H2,26,29). The number of amides is 1. The third-order valence-corrected chi connectivity index (χ3v) is 5.04. The van der Waals surface area contributed by atoms with Crippen LogP contribution in [0.2, 0.25) is 0 Å². The Hall–Kier alpha value is -3.82. The van der Waals surface area contributed by atoms with E-state index in [0.29, 0.717) is 11.1 Å². The van der Waals surface area contributed by atoms with Crippen LogP contribution in [0.3, 0.4) is 0 Å². The van der Waals surface area contributed by atoms with Crippen LogP contribution in [0.4, 0.5) is 17.6 Å². The molecule has 0 fully saturated rings. The topological polar surface area (TPSA) is 84.5 Å². The van der Waals surface area contributed by atoms with Crippen molar-refractivity contribution in [3.63, 3.8) is 0 Å². The molecule has 1 unspecified atom stereocenters. The highest BCUT2D eigenvalue weighted by molar-refractivity contribution is 6.08. The number of carbonyl (C=O) groups is 1. The van der Waals surface area contributed by atoms with Crippen molar-refractivity contribution in [1.29, 1.82) is 0 Å². The maximum atomic E-state index is 15.1. The number of hydrogen-bond donors (Lipinski definition) is 1. The molecule has 2 N–H and O–H groups in total. The number of benzene rings is 1. The number of nitrogens with zero attached hydrogens (tertiary/aromatic N) is 4. The molecule has 1 amide bonds. The molecule has 2 aromatic heterocycles. The average Bonchev–Trinajstić information content (AvgIpc) is 2.99. The number of carbonyl (C=O) groups excluding carboxylic acids is 1. The summed E-state index contributed by atoms with van der Waals surface area (Å²) in [4.78, 5) is 26.2. The maximum Gasteiger partial charge on any atom is 0.268 e. The third-order valence-electron chi connectivity index (χ3n) is 5.04. The number of guanidine groups is 1. The first-order valence-electron chi connectivity index (χ1n) is 9.03. The van der Waals surface area contributed by atoms with E-state index in [4.69, 9.17) is 5.73 Å². The number of aromatic nitrogens is 2. The van der Waals surface area contributed by atoms with E-state index in [0.717, 1.165) is 35.5 Å². The SMILES string of the molecule is CN1C(=O)C(c2cc(C(F)F)ccn2)(c2cc(-c3cncc(F)c3)ccc2F)N=C1N. The van der Waals surface area contributed by atoms with Gasteiger partial charge in [0, 0.05) is 36.1 Å². The quantitative estimate of drug-likeness (QED) is 0.645. The zero-order valence-electron chi connectivity index (χ0n) is 16.1. The predicted molar refractivity (Wildman–Crippen MR) is 104 cm³/mol.